The number of aromatic nitrogens is 4. The van der Waals surface area contributed by atoms with E-state index in [-0.39, 0.29) is 11.4 Å². The molecule has 9 rings (SSSR count). The zero-order valence-corrected chi connectivity index (χ0v) is 29.0. The molecule has 0 N–H and O–H groups in total. The van der Waals surface area contributed by atoms with Gasteiger partial charge in [0.25, 0.3) is 0 Å². The average molecular weight is 720 g/mol. The van der Waals surface area contributed by atoms with Gasteiger partial charge in [0.1, 0.15) is 0 Å². The second kappa shape index (κ2) is 13.6. The number of benzene rings is 7. The first-order valence-electron chi connectivity index (χ1n) is 17.6. The van der Waals surface area contributed by atoms with E-state index in [9.17, 15) is 18.4 Å². The van der Waals surface area contributed by atoms with E-state index in [0.717, 1.165) is 50.1 Å². The molecule has 262 valence electrons. The lowest BCUT2D eigenvalue weighted by molar-refractivity contribution is -0.137. The molecule has 2 aromatic heterocycles. The Balaban J connectivity index is 1.30. The van der Waals surface area contributed by atoms with Crippen LogP contribution in [0.25, 0.3) is 83.9 Å². The number of rotatable bonds is 6. The Morgan fingerprint density at radius 1 is 0.455 bits per heavy atom. The molecule has 0 radical (unpaired) electrons. The maximum atomic E-state index is 14.8. The van der Waals surface area contributed by atoms with Gasteiger partial charge in [-0.05, 0) is 76.9 Å². The first kappa shape index (κ1) is 33.5. The summed E-state index contributed by atoms with van der Waals surface area (Å²) >= 11 is 0. The van der Waals surface area contributed by atoms with Crippen molar-refractivity contribution in [1.29, 1.82) is 5.26 Å². The van der Waals surface area contributed by atoms with Crippen LogP contribution in [0.5, 0.6) is 0 Å². The number of alkyl halides is 3. The van der Waals surface area contributed by atoms with E-state index < -0.39 is 11.7 Å². The van der Waals surface area contributed by atoms with Crippen LogP contribution in [-0.4, -0.2) is 19.5 Å². The van der Waals surface area contributed by atoms with Crippen molar-refractivity contribution < 1.29 is 13.2 Å². The third-order valence-electron chi connectivity index (χ3n) is 9.74. The summed E-state index contributed by atoms with van der Waals surface area (Å²) in [5.41, 5.74) is 6.51. The molecule has 0 aliphatic carbocycles. The van der Waals surface area contributed by atoms with Gasteiger partial charge in [0.2, 0.25) is 0 Å². The van der Waals surface area contributed by atoms with Crippen molar-refractivity contribution in [2.24, 2.45) is 0 Å². The fraction of sp³-hybridized carbons (Fsp3) is 0.0213. The summed E-state index contributed by atoms with van der Waals surface area (Å²) in [4.78, 5) is 14.6. The first-order valence-corrected chi connectivity index (χ1v) is 17.6. The Bertz CT molecular complexity index is 2850. The Labute approximate surface area is 314 Å². The Kier molecular flexibility index (Phi) is 8.25. The second-order valence-corrected chi connectivity index (χ2v) is 13.1. The molecule has 0 spiro atoms. The smallest absolute Gasteiger partial charge is 0.309 e. The van der Waals surface area contributed by atoms with Gasteiger partial charge in [0.15, 0.2) is 17.5 Å². The minimum Gasteiger partial charge on any atom is -0.309 e. The van der Waals surface area contributed by atoms with Crippen molar-refractivity contribution in [2.45, 2.75) is 6.18 Å². The quantitative estimate of drug-likeness (QED) is 0.172. The van der Waals surface area contributed by atoms with Crippen molar-refractivity contribution >= 4 is 21.8 Å². The van der Waals surface area contributed by atoms with Gasteiger partial charge in [0, 0.05) is 33.2 Å². The van der Waals surface area contributed by atoms with Crippen LogP contribution in [-0.2, 0) is 6.18 Å². The fourth-order valence-corrected chi connectivity index (χ4v) is 7.15. The molecule has 0 saturated carbocycles. The van der Waals surface area contributed by atoms with Crippen LogP contribution in [0.2, 0.25) is 0 Å². The van der Waals surface area contributed by atoms with E-state index in [0.29, 0.717) is 34.0 Å². The predicted molar refractivity (Wildman–Crippen MR) is 211 cm³/mol. The maximum absolute atomic E-state index is 14.8. The number of fused-ring (bicyclic) bond motifs is 3. The molecule has 0 aliphatic heterocycles. The molecular formula is C47H28F3N5. The van der Waals surface area contributed by atoms with Gasteiger partial charge < -0.3 is 4.57 Å². The number of nitrogens with zero attached hydrogens (tertiary/aromatic N) is 5. The highest BCUT2D eigenvalue weighted by Gasteiger charge is 2.34. The molecule has 55 heavy (non-hydrogen) atoms. The summed E-state index contributed by atoms with van der Waals surface area (Å²) in [5, 5.41) is 11.3. The highest BCUT2D eigenvalue weighted by molar-refractivity contribution is 6.10. The van der Waals surface area contributed by atoms with Crippen LogP contribution >= 0.6 is 0 Å². The monoisotopic (exact) mass is 719 g/mol. The maximum Gasteiger partial charge on any atom is 0.417 e. The standard InChI is InChI=1S/C47H28F3N5/c48-47(49,50)41-17-9-7-15-36(41)39-28-35(24-25-38(39)46-53-44(32-11-3-1-4-12-32)52-45(54-46)33-13-5-2-6-14-33)55-42-18-10-8-16-37(42)40-27-34(23-26-43(40)55)31-21-19-30(29-51)20-22-31/h1-28H. The SMILES string of the molecule is N#Cc1ccc(-c2ccc3c(c2)c2ccccc2n3-c2ccc(-c3nc(-c4ccccc4)nc(-c4ccccc4)n3)c(-c3ccccc3C(F)(F)F)c2)cc1. The molecule has 0 unspecified atom stereocenters. The molecule has 9 aromatic rings. The highest BCUT2D eigenvalue weighted by Crippen LogP contribution is 2.43. The van der Waals surface area contributed by atoms with E-state index >= 15 is 0 Å². The summed E-state index contributed by atoms with van der Waals surface area (Å²) in [6, 6.07) is 53.8. The lowest BCUT2D eigenvalue weighted by Gasteiger charge is -2.18. The molecule has 0 bridgehead atoms. The van der Waals surface area contributed by atoms with Crippen molar-refractivity contribution in [2.75, 3.05) is 0 Å². The molecule has 0 aliphatic rings. The van der Waals surface area contributed by atoms with Gasteiger partial charge in [-0.25, -0.2) is 15.0 Å². The number of para-hydroxylation sites is 1. The van der Waals surface area contributed by atoms with E-state index in [2.05, 4.69) is 16.7 Å². The van der Waals surface area contributed by atoms with Gasteiger partial charge >= 0.3 is 6.18 Å². The molecule has 0 fully saturated rings. The Hall–Kier alpha value is -7.37. The first-order chi connectivity index (χ1) is 26.9. The van der Waals surface area contributed by atoms with E-state index in [1.807, 2.05) is 121 Å². The summed E-state index contributed by atoms with van der Waals surface area (Å²) in [7, 11) is 0. The number of nitriles is 1. The summed E-state index contributed by atoms with van der Waals surface area (Å²) in [6.45, 7) is 0. The lowest BCUT2D eigenvalue weighted by atomic mass is 9.93. The third-order valence-corrected chi connectivity index (χ3v) is 9.74. The fourth-order valence-electron chi connectivity index (χ4n) is 7.15. The molecule has 2 heterocycles. The van der Waals surface area contributed by atoms with Crippen LogP contribution < -0.4 is 0 Å². The minimum atomic E-state index is -4.62. The topological polar surface area (TPSA) is 67.4 Å². The largest absolute Gasteiger partial charge is 0.417 e. The van der Waals surface area contributed by atoms with Crippen LogP contribution in [0.1, 0.15) is 11.1 Å². The van der Waals surface area contributed by atoms with Crippen molar-refractivity contribution in [3.05, 3.63) is 181 Å². The van der Waals surface area contributed by atoms with Crippen molar-refractivity contribution in [3.63, 3.8) is 0 Å². The summed E-state index contributed by atoms with van der Waals surface area (Å²) in [6.07, 6.45) is -4.62. The molecule has 5 nitrogen and oxygen atoms in total. The van der Waals surface area contributed by atoms with Crippen LogP contribution in [0.4, 0.5) is 13.2 Å². The van der Waals surface area contributed by atoms with Crippen LogP contribution in [0.3, 0.4) is 0 Å². The lowest BCUT2D eigenvalue weighted by Crippen LogP contribution is -2.08. The second-order valence-electron chi connectivity index (χ2n) is 13.1. The summed E-state index contributed by atoms with van der Waals surface area (Å²) < 4.78 is 46.4. The Morgan fingerprint density at radius 3 is 1.71 bits per heavy atom. The number of hydrogen-bond acceptors (Lipinski definition) is 4. The molecular weight excluding hydrogens is 692 g/mol. The minimum absolute atomic E-state index is 0.0126. The van der Waals surface area contributed by atoms with Gasteiger partial charge in [0.05, 0.1) is 28.2 Å². The number of hydrogen-bond donors (Lipinski definition) is 0. The third kappa shape index (κ3) is 6.18. The van der Waals surface area contributed by atoms with Gasteiger partial charge in [-0.15, -0.1) is 0 Å². The molecule has 0 saturated heterocycles. The average Bonchev–Trinajstić information content (AvgIpc) is 3.57. The van der Waals surface area contributed by atoms with Crippen LogP contribution in [0, 0.1) is 11.3 Å². The van der Waals surface area contributed by atoms with Crippen LogP contribution in [0.15, 0.2) is 170 Å². The van der Waals surface area contributed by atoms with Crippen molar-refractivity contribution in [1.82, 2.24) is 19.5 Å². The van der Waals surface area contributed by atoms with E-state index in [4.69, 9.17) is 15.0 Å². The van der Waals surface area contributed by atoms with E-state index in [1.165, 1.54) is 12.1 Å². The van der Waals surface area contributed by atoms with Crippen molar-refractivity contribution in [3.8, 4) is 68.2 Å². The Morgan fingerprint density at radius 2 is 1.04 bits per heavy atom. The zero-order chi connectivity index (χ0) is 37.5. The number of halogens is 3. The zero-order valence-electron chi connectivity index (χ0n) is 29.0. The molecule has 8 heteroatoms. The molecule has 7 aromatic carbocycles. The van der Waals surface area contributed by atoms with Gasteiger partial charge in [-0.2, -0.15) is 18.4 Å². The van der Waals surface area contributed by atoms with E-state index in [1.54, 1.807) is 24.3 Å². The highest BCUT2D eigenvalue weighted by atomic mass is 19.4. The van der Waals surface area contributed by atoms with Gasteiger partial charge in [-0.3, -0.25) is 0 Å². The van der Waals surface area contributed by atoms with Gasteiger partial charge in [-0.1, -0.05) is 115 Å². The normalized spacial score (nSPS) is 11.5. The summed E-state index contributed by atoms with van der Waals surface area (Å²) in [5.74, 6) is 1.06. The predicted octanol–water partition coefficient (Wildman–Crippen LogP) is 12.2. The molecule has 0 amide bonds. The molecule has 0 atom stereocenters.